The SMILES string of the molecule is CC.COc1ccc2nccc(C)c2n1. The number of aromatic nitrogens is 2. The quantitative estimate of drug-likeness (QED) is 0.716. The van der Waals surface area contributed by atoms with E-state index < -0.39 is 0 Å². The van der Waals surface area contributed by atoms with Gasteiger partial charge < -0.3 is 4.74 Å². The van der Waals surface area contributed by atoms with Crippen LogP contribution < -0.4 is 4.74 Å². The van der Waals surface area contributed by atoms with E-state index in [0.717, 1.165) is 16.6 Å². The summed E-state index contributed by atoms with van der Waals surface area (Å²) in [5.74, 6) is 0.628. The van der Waals surface area contributed by atoms with E-state index >= 15 is 0 Å². The lowest BCUT2D eigenvalue weighted by Crippen LogP contribution is -1.90. The fraction of sp³-hybridized carbons (Fsp3) is 0.333. The number of hydrogen-bond donors (Lipinski definition) is 0. The lowest BCUT2D eigenvalue weighted by atomic mass is 10.2. The zero-order valence-corrected chi connectivity index (χ0v) is 9.61. The van der Waals surface area contributed by atoms with Crippen molar-refractivity contribution in [2.24, 2.45) is 0 Å². The van der Waals surface area contributed by atoms with Crippen LogP contribution in [0.2, 0.25) is 0 Å². The number of nitrogens with zero attached hydrogens (tertiary/aromatic N) is 2. The monoisotopic (exact) mass is 204 g/mol. The highest BCUT2D eigenvalue weighted by molar-refractivity contribution is 5.77. The summed E-state index contributed by atoms with van der Waals surface area (Å²) in [7, 11) is 1.61. The average Bonchev–Trinajstić information content (AvgIpc) is 2.32. The van der Waals surface area contributed by atoms with Gasteiger partial charge in [-0.15, -0.1) is 0 Å². The highest BCUT2D eigenvalue weighted by Gasteiger charge is 2.00. The smallest absolute Gasteiger partial charge is 0.213 e. The molecule has 0 atom stereocenters. The number of hydrogen-bond acceptors (Lipinski definition) is 3. The molecule has 0 amide bonds. The van der Waals surface area contributed by atoms with Gasteiger partial charge in [-0.05, 0) is 24.6 Å². The molecule has 0 radical (unpaired) electrons. The first-order valence-electron chi connectivity index (χ1n) is 5.07. The van der Waals surface area contributed by atoms with Crippen molar-refractivity contribution in [3.63, 3.8) is 0 Å². The van der Waals surface area contributed by atoms with Gasteiger partial charge in [0.1, 0.15) is 0 Å². The Morgan fingerprint density at radius 2 is 1.87 bits per heavy atom. The molecule has 2 rings (SSSR count). The first-order chi connectivity index (χ1) is 7.31. The second-order valence-corrected chi connectivity index (χ2v) is 2.85. The summed E-state index contributed by atoms with van der Waals surface area (Å²) in [6.07, 6.45) is 1.78. The van der Waals surface area contributed by atoms with E-state index in [2.05, 4.69) is 9.97 Å². The van der Waals surface area contributed by atoms with Crippen molar-refractivity contribution in [1.29, 1.82) is 0 Å². The van der Waals surface area contributed by atoms with Gasteiger partial charge in [-0.3, -0.25) is 4.98 Å². The van der Waals surface area contributed by atoms with Gasteiger partial charge in [0, 0.05) is 12.3 Å². The number of methoxy groups -OCH3 is 1. The molecule has 0 aliphatic heterocycles. The van der Waals surface area contributed by atoms with E-state index in [1.165, 1.54) is 0 Å². The number of ether oxygens (including phenoxy) is 1. The van der Waals surface area contributed by atoms with Gasteiger partial charge in [0.05, 0.1) is 18.1 Å². The lowest BCUT2D eigenvalue weighted by molar-refractivity contribution is 0.399. The Balaban J connectivity index is 0.000000531. The van der Waals surface area contributed by atoms with Crippen LogP contribution in [0.25, 0.3) is 11.0 Å². The Labute approximate surface area is 90.1 Å². The summed E-state index contributed by atoms with van der Waals surface area (Å²) in [6, 6.07) is 5.66. The molecule has 0 spiro atoms. The third kappa shape index (κ3) is 2.43. The van der Waals surface area contributed by atoms with Crippen LogP contribution in [0.4, 0.5) is 0 Å². The van der Waals surface area contributed by atoms with Gasteiger partial charge in [0.2, 0.25) is 5.88 Å². The Morgan fingerprint density at radius 1 is 1.13 bits per heavy atom. The van der Waals surface area contributed by atoms with Crippen LogP contribution in [-0.2, 0) is 0 Å². The first-order valence-corrected chi connectivity index (χ1v) is 5.07. The van der Waals surface area contributed by atoms with Crippen LogP contribution in [0.5, 0.6) is 5.88 Å². The molecule has 3 nitrogen and oxygen atoms in total. The Hall–Kier alpha value is -1.64. The summed E-state index contributed by atoms with van der Waals surface area (Å²) in [5.41, 5.74) is 2.92. The molecule has 3 heteroatoms. The standard InChI is InChI=1S/C10H10N2O.C2H6/c1-7-5-6-11-8-3-4-9(13-2)12-10(7)8;1-2/h3-6H,1-2H3;1-2H3. The Bertz CT molecular complexity index is 441. The molecule has 0 bridgehead atoms. The summed E-state index contributed by atoms with van der Waals surface area (Å²) in [5, 5.41) is 0. The molecule has 80 valence electrons. The van der Waals surface area contributed by atoms with E-state index in [-0.39, 0.29) is 0 Å². The summed E-state index contributed by atoms with van der Waals surface area (Å²) in [4.78, 5) is 8.51. The van der Waals surface area contributed by atoms with Gasteiger partial charge in [0.25, 0.3) is 0 Å². The third-order valence-corrected chi connectivity index (χ3v) is 1.97. The summed E-state index contributed by atoms with van der Waals surface area (Å²) < 4.78 is 5.04. The van der Waals surface area contributed by atoms with Crippen LogP contribution >= 0.6 is 0 Å². The molecule has 0 unspecified atom stereocenters. The van der Waals surface area contributed by atoms with Crippen molar-refractivity contribution in [3.8, 4) is 5.88 Å². The van der Waals surface area contributed by atoms with Crippen LogP contribution in [0.15, 0.2) is 24.4 Å². The second kappa shape index (κ2) is 5.29. The molecule has 2 heterocycles. The highest BCUT2D eigenvalue weighted by Crippen LogP contribution is 2.16. The molecule has 0 saturated heterocycles. The van der Waals surface area contributed by atoms with E-state index in [1.54, 1.807) is 13.3 Å². The topological polar surface area (TPSA) is 35.0 Å². The summed E-state index contributed by atoms with van der Waals surface area (Å²) >= 11 is 0. The van der Waals surface area contributed by atoms with Gasteiger partial charge in [-0.1, -0.05) is 13.8 Å². The van der Waals surface area contributed by atoms with E-state index in [1.807, 2.05) is 39.0 Å². The maximum Gasteiger partial charge on any atom is 0.213 e. The Morgan fingerprint density at radius 3 is 2.53 bits per heavy atom. The number of pyridine rings is 2. The molecular formula is C12H16N2O. The van der Waals surface area contributed by atoms with Crippen molar-refractivity contribution < 1.29 is 4.74 Å². The van der Waals surface area contributed by atoms with E-state index in [0.29, 0.717) is 5.88 Å². The molecule has 0 aliphatic rings. The minimum absolute atomic E-state index is 0.628. The predicted octanol–water partition coefficient (Wildman–Crippen LogP) is 2.97. The number of rotatable bonds is 1. The molecular weight excluding hydrogens is 188 g/mol. The van der Waals surface area contributed by atoms with Crippen LogP contribution in [0.3, 0.4) is 0 Å². The predicted molar refractivity (Wildman–Crippen MR) is 62.2 cm³/mol. The van der Waals surface area contributed by atoms with Gasteiger partial charge in [-0.25, -0.2) is 4.98 Å². The average molecular weight is 204 g/mol. The van der Waals surface area contributed by atoms with Crippen molar-refractivity contribution in [3.05, 3.63) is 30.0 Å². The zero-order chi connectivity index (χ0) is 11.3. The largest absolute Gasteiger partial charge is 0.481 e. The highest BCUT2D eigenvalue weighted by atomic mass is 16.5. The molecule has 0 N–H and O–H groups in total. The minimum Gasteiger partial charge on any atom is -0.481 e. The molecule has 0 aliphatic carbocycles. The van der Waals surface area contributed by atoms with Crippen LogP contribution in [0.1, 0.15) is 19.4 Å². The first kappa shape index (κ1) is 11.4. The number of aryl methyl sites for hydroxylation is 1. The number of fused-ring (bicyclic) bond motifs is 1. The molecule has 15 heavy (non-hydrogen) atoms. The van der Waals surface area contributed by atoms with Crippen molar-refractivity contribution in [1.82, 2.24) is 9.97 Å². The minimum atomic E-state index is 0.628. The molecule has 0 saturated carbocycles. The fourth-order valence-corrected chi connectivity index (χ4v) is 1.25. The third-order valence-electron chi connectivity index (χ3n) is 1.97. The van der Waals surface area contributed by atoms with Gasteiger partial charge in [-0.2, -0.15) is 0 Å². The van der Waals surface area contributed by atoms with E-state index in [4.69, 9.17) is 4.74 Å². The molecule has 2 aromatic heterocycles. The maximum absolute atomic E-state index is 5.04. The molecule has 0 aromatic carbocycles. The Kier molecular flexibility index (Phi) is 4.03. The fourth-order valence-electron chi connectivity index (χ4n) is 1.25. The lowest BCUT2D eigenvalue weighted by Gasteiger charge is -2.02. The zero-order valence-electron chi connectivity index (χ0n) is 9.61. The molecule has 2 aromatic rings. The molecule has 0 fully saturated rings. The van der Waals surface area contributed by atoms with Crippen molar-refractivity contribution in [2.45, 2.75) is 20.8 Å². The normalized spacial score (nSPS) is 9.33. The van der Waals surface area contributed by atoms with Crippen molar-refractivity contribution in [2.75, 3.05) is 7.11 Å². The van der Waals surface area contributed by atoms with Crippen LogP contribution in [0, 0.1) is 6.92 Å². The van der Waals surface area contributed by atoms with Gasteiger partial charge in [0.15, 0.2) is 0 Å². The summed E-state index contributed by atoms with van der Waals surface area (Å²) in [6.45, 7) is 6.01. The van der Waals surface area contributed by atoms with E-state index in [9.17, 15) is 0 Å². The maximum atomic E-state index is 5.04. The van der Waals surface area contributed by atoms with Crippen LogP contribution in [-0.4, -0.2) is 17.1 Å². The van der Waals surface area contributed by atoms with Gasteiger partial charge >= 0.3 is 0 Å². The van der Waals surface area contributed by atoms with Crippen molar-refractivity contribution >= 4 is 11.0 Å². The second-order valence-electron chi connectivity index (χ2n) is 2.85.